The van der Waals surface area contributed by atoms with Gasteiger partial charge in [0.15, 0.2) is 5.65 Å². The van der Waals surface area contributed by atoms with E-state index in [1.807, 2.05) is 54.6 Å². The summed E-state index contributed by atoms with van der Waals surface area (Å²) in [4.78, 5) is 21.5. The van der Waals surface area contributed by atoms with Crippen LogP contribution in [0.1, 0.15) is 18.9 Å². The van der Waals surface area contributed by atoms with Crippen LogP contribution in [-0.4, -0.2) is 48.9 Å². The lowest BCUT2D eigenvalue weighted by Gasteiger charge is -2.30. The number of nitrogen functional groups attached to an aromatic ring is 1. The molecule has 162 valence electrons. The molecule has 4 aromatic rings. The molecule has 9 nitrogen and oxygen atoms in total. The van der Waals surface area contributed by atoms with E-state index in [-0.39, 0.29) is 6.04 Å². The minimum absolute atomic E-state index is 0.119. The van der Waals surface area contributed by atoms with Gasteiger partial charge in [-0.2, -0.15) is 5.10 Å². The molecule has 1 amide bonds. The molecule has 3 heterocycles. The van der Waals surface area contributed by atoms with Crippen molar-refractivity contribution in [1.29, 1.82) is 0 Å². The number of nitrogens with two attached hydrogens (primary N) is 1. The van der Waals surface area contributed by atoms with Gasteiger partial charge in [-0.05, 0) is 49.2 Å². The summed E-state index contributed by atoms with van der Waals surface area (Å²) < 4.78 is 7.68. The number of hydrogen-bond donors (Lipinski definition) is 2. The average Bonchev–Trinajstić information content (AvgIpc) is 3.21. The summed E-state index contributed by atoms with van der Waals surface area (Å²) in [5.74, 6) is 1.80. The fourth-order valence-corrected chi connectivity index (χ4v) is 4.09. The summed E-state index contributed by atoms with van der Waals surface area (Å²) in [5, 5.41) is 14.9. The second-order valence-electron chi connectivity index (χ2n) is 7.71. The fourth-order valence-electron chi connectivity index (χ4n) is 4.09. The SMILES string of the molecule is Nc1ncnc2c1c(-c1ccc(Oc3ccccc3)cc1)nn2C1CCCN(C(=O)O)C1. The number of aromatic nitrogens is 4. The van der Waals surface area contributed by atoms with E-state index in [0.717, 1.165) is 24.2 Å². The number of ether oxygens (including phenoxy) is 1. The quantitative estimate of drug-likeness (QED) is 0.498. The summed E-state index contributed by atoms with van der Waals surface area (Å²) in [6, 6.07) is 17.0. The Bertz CT molecular complexity index is 1260. The Balaban J connectivity index is 1.51. The molecule has 1 fully saturated rings. The molecule has 3 N–H and O–H groups in total. The maximum atomic E-state index is 11.5. The van der Waals surface area contributed by atoms with Crippen molar-refractivity contribution in [2.75, 3.05) is 18.8 Å². The van der Waals surface area contributed by atoms with Crippen molar-refractivity contribution in [3.05, 3.63) is 60.9 Å². The molecular formula is C23H22N6O3. The number of likely N-dealkylation sites (tertiary alicyclic amines) is 1. The largest absolute Gasteiger partial charge is 0.465 e. The summed E-state index contributed by atoms with van der Waals surface area (Å²) >= 11 is 0. The molecule has 1 atom stereocenters. The molecule has 0 aliphatic carbocycles. The van der Waals surface area contributed by atoms with E-state index in [0.29, 0.717) is 41.4 Å². The highest BCUT2D eigenvalue weighted by atomic mass is 16.5. The van der Waals surface area contributed by atoms with Crippen LogP contribution in [0.25, 0.3) is 22.3 Å². The highest BCUT2D eigenvalue weighted by Crippen LogP contribution is 2.34. The minimum Gasteiger partial charge on any atom is -0.465 e. The van der Waals surface area contributed by atoms with Gasteiger partial charge in [0.05, 0.1) is 11.4 Å². The molecule has 9 heteroatoms. The summed E-state index contributed by atoms with van der Waals surface area (Å²) in [6.45, 7) is 0.886. The first-order valence-electron chi connectivity index (χ1n) is 10.4. The third kappa shape index (κ3) is 3.68. The second kappa shape index (κ2) is 8.18. The molecule has 0 saturated carbocycles. The number of nitrogens with zero attached hydrogens (tertiary/aromatic N) is 5. The zero-order chi connectivity index (χ0) is 22.1. The van der Waals surface area contributed by atoms with E-state index in [1.54, 1.807) is 4.68 Å². The zero-order valence-corrected chi connectivity index (χ0v) is 17.3. The highest BCUT2D eigenvalue weighted by Gasteiger charge is 2.28. The van der Waals surface area contributed by atoms with E-state index < -0.39 is 6.09 Å². The molecule has 2 aromatic carbocycles. The van der Waals surface area contributed by atoms with Crippen molar-refractivity contribution in [2.24, 2.45) is 0 Å². The summed E-state index contributed by atoms with van der Waals surface area (Å²) in [6.07, 6.45) is 2.07. The number of para-hydroxylation sites is 1. The van der Waals surface area contributed by atoms with Crippen LogP contribution in [-0.2, 0) is 0 Å². The van der Waals surface area contributed by atoms with Gasteiger partial charge < -0.3 is 20.5 Å². The van der Waals surface area contributed by atoms with Gasteiger partial charge in [0.2, 0.25) is 0 Å². The Labute approximate surface area is 184 Å². The molecule has 2 aromatic heterocycles. The van der Waals surface area contributed by atoms with Crippen LogP contribution < -0.4 is 10.5 Å². The number of anilines is 1. The van der Waals surface area contributed by atoms with Crippen LogP contribution in [0.4, 0.5) is 10.6 Å². The fraction of sp³-hybridized carbons (Fsp3) is 0.217. The maximum Gasteiger partial charge on any atom is 0.407 e. The molecular weight excluding hydrogens is 408 g/mol. The van der Waals surface area contributed by atoms with Gasteiger partial charge >= 0.3 is 6.09 Å². The maximum absolute atomic E-state index is 11.5. The zero-order valence-electron chi connectivity index (χ0n) is 17.3. The first kappa shape index (κ1) is 19.8. The predicted molar refractivity (Wildman–Crippen MR) is 120 cm³/mol. The van der Waals surface area contributed by atoms with Crippen molar-refractivity contribution in [3.63, 3.8) is 0 Å². The van der Waals surface area contributed by atoms with Crippen molar-refractivity contribution >= 4 is 22.9 Å². The molecule has 1 aliphatic heterocycles. The highest BCUT2D eigenvalue weighted by molar-refractivity contribution is 5.98. The number of rotatable bonds is 4. The Morgan fingerprint density at radius 3 is 2.56 bits per heavy atom. The van der Waals surface area contributed by atoms with Crippen molar-refractivity contribution in [2.45, 2.75) is 18.9 Å². The topological polar surface area (TPSA) is 119 Å². The van der Waals surface area contributed by atoms with Gasteiger partial charge in [-0.1, -0.05) is 18.2 Å². The standard InChI is InChI=1S/C23H22N6O3/c24-21-19-20(15-8-10-18(11-9-15)32-17-6-2-1-3-7-17)27-29(22(19)26-14-25-21)16-5-4-12-28(13-16)23(30)31/h1-3,6-11,14,16H,4-5,12-13H2,(H,30,31)(H2,24,25,26). The van der Waals surface area contributed by atoms with Crippen molar-refractivity contribution < 1.29 is 14.6 Å². The number of carboxylic acid groups (broad SMARTS) is 1. The predicted octanol–water partition coefficient (Wildman–Crippen LogP) is 4.18. The summed E-state index contributed by atoms with van der Waals surface area (Å²) in [5.41, 5.74) is 8.33. The number of piperidine rings is 1. The van der Waals surface area contributed by atoms with Crippen LogP contribution in [0.2, 0.25) is 0 Å². The second-order valence-corrected chi connectivity index (χ2v) is 7.71. The molecule has 0 radical (unpaired) electrons. The van der Waals surface area contributed by atoms with Crippen molar-refractivity contribution in [3.8, 4) is 22.8 Å². The lowest BCUT2D eigenvalue weighted by molar-refractivity contribution is 0.120. The third-order valence-electron chi connectivity index (χ3n) is 5.64. The molecule has 32 heavy (non-hydrogen) atoms. The van der Waals surface area contributed by atoms with E-state index in [1.165, 1.54) is 11.2 Å². The first-order valence-corrected chi connectivity index (χ1v) is 10.4. The lowest BCUT2D eigenvalue weighted by atomic mass is 10.1. The van der Waals surface area contributed by atoms with E-state index >= 15 is 0 Å². The van der Waals surface area contributed by atoms with Crippen LogP contribution in [0, 0.1) is 0 Å². The number of benzene rings is 2. The Hall–Kier alpha value is -4.14. The molecule has 0 bridgehead atoms. The number of hydrogen-bond acceptors (Lipinski definition) is 6. The molecule has 1 unspecified atom stereocenters. The Kier molecular flexibility index (Phi) is 5.06. The molecule has 5 rings (SSSR count). The summed E-state index contributed by atoms with van der Waals surface area (Å²) in [7, 11) is 0. The van der Waals surface area contributed by atoms with E-state index in [2.05, 4.69) is 9.97 Å². The first-order chi connectivity index (χ1) is 15.6. The van der Waals surface area contributed by atoms with Gasteiger partial charge in [0.25, 0.3) is 0 Å². The van der Waals surface area contributed by atoms with Gasteiger partial charge in [0, 0.05) is 18.7 Å². The third-order valence-corrected chi connectivity index (χ3v) is 5.64. The van der Waals surface area contributed by atoms with Gasteiger partial charge in [-0.15, -0.1) is 0 Å². The smallest absolute Gasteiger partial charge is 0.407 e. The van der Waals surface area contributed by atoms with E-state index in [4.69, 9.17) is 15.6 Å². The normalized spacial score (nSPS) is 16.2. The lowest BCUT2D eigenvalue weighted by Crippen LogP contribution is -2.40. The van der Waals surface area contributed by atoms with Gasteiger partial charge in [-0.3, -0.25) is 0 Å². The van der Waals surface area contributed by atoms with Crippen molar-refractivity contribution in [1.82, 2.24) is 24.6 Å². The van der Waals surface area contributed by atoms with Crippen LogP contribution in [0.3, 0.4) is 0 Å². The number of fused-ring (bicyclic) bond motifs is 1. The molecule has 1 saturated heterocycles. The Morgan fingerprint density at radius 1 is 1.06 bits per heavy atom. The monoisotopic (exact) mass is 430 g/mol. The number of amides is 1. The van der Waals surface area contributed by atoms with E-state index in [9.17, 15) is 9.90 Å². The Morgan fingerprint density at radius 2 is 1.81 bits per heavy atom. The van der Waals surface area contributed by atoms with Crippen LogP contribution in [0.15, 0.2) is 60.9 Å². The average molecular weight is 430 g/mol. The molecule has 0 spiro atoms. The molecule has 1 aliphatic rings. The van der Waals surface area contributed by atoms with Gasteiger partial charge in [-0.25, -0.2) is 19.4 Å². The van der Waals surface area contributed by atoms with Crippen LogP contribution in [0.5, 0.6) is 11.5 Å². The minimum atomic E-state index is -0.922. The van der Waals surface area contributed by atoms with Gasteiger partial charge in [0.1, 0.15) is 29.3 Å². The van der Waals surface area contributed by atoms with Crippen LogP contribution >= 0.6 is 0 Å². The number of carbonyl (C=O) groups is 1.